The van der Waals surface area contributed by atoms with E-state index in [2.05, 4.69) is 0 Å². The molecule has 0 bridgehead atoms. The monoisotopic (exact) mass is 297 g/mol. The molecule has 0 unspecified atom stereocenters. The highest BCUT2D eigenvalue weighted by Crippen LogP contribution is 2.29. The molecule has 0 fully saturated rings. The van der Waals surface area contributed by atoms with E-state index in [1.165, 1.54) is 12.1 Å². The minimum Gasteiger partial charge on any atom is -0.475 e. The van der Waals surface area contributed by atoms with E-state index in [1.807, 2.05) is 0 Å². The molecule has 0 aliphatic heterocycles. The summed E-state index contributed by atoms with van der Waals surface area (Å²) in [4.78, 5) is 20.8. The summed E-state index contributed by atoms with van der Waals surface area (Å²) < 4.78 is 18.1. The van der Waals surface area contributed by atoms with Crippen molar-refractivity contribution in [2.75, 3.05) is 0 Å². The zero-order chi connectivity index (χ0) is 14.7. The summed E-state index contributed by atoms with van der Waals surface area (Å²) in [5, 5.41) is 19.8. The van der Waals surface area contributed by atoms with Gasteiger partial charge in [-0.2, -0.15) is 0 Å². The largest absolute Gasteiger partial charge is 0.475 e. The summed E-state index contributed by atoms with van der Waals surface area (Å²) in [6.45, 7) is 0. The smallest absolute Gasteiger partial charge is 0.371 e. The van der Waals surface area contributed by atoms with Crippen LogP contribution in [0, 0.1) is 15.9 Å². The predicted octanol–water partition coefficient (Wildman–Crippen LogP) is 3.32. The van der Waals surface area contributed by atoms with Gasteiger partial charge in [-0.05, 0) is 24.3 Å². The number of nitrogens with zero attached hydrogens (tertiary/aromatic N) is 1. The number of nitro groups is 1. The maximum absolute atomic E-state index is 13.1. The second-order valence-electron chi connectivity index (χ2n) is 3.74. The maximum atomic E-state index is 13.1. The van der Waals surface area contributed by atoms with Crippen molar-refractivity contribution in [2.45, 2.75) is 10.8 Å². The first-order valence-corrected chi connectivity index (χ1v) is 6.34. The van der Waals surface area contributed by atoms with Crippen molar-refractivity contribution in [2.24, 2.45) is 0 Å². The van der Waals surface area contributed by atoms with Gasteiger partial charge in [0.15, 0.2) is 5.09 Å². The van der Waals surface area contributed by atoms with E-state index in [9.17, 15) is 19.3 Å². The molecule has 1 aromatic heterocycles. The van der Waals surface area contributed by atoms with E-state index in [0.29, 0.717) is 5.09 Å². The zero-order valence-electron chi connectivity index (χ0n) is 9.91. The lowest BCUT2D eigenvalue weighted by atomic mass is 10.2. The van der Waals surface area contributed by atoms with Gasteiger partial charge in [-0.1, -0.05) is 11.8 Å². The minimum atomic E-state index is -1.20. The Hall–Kier alpha value is -2.35. The van der Waals surface area contributed by atoms with Gasteiger partial charge in [0.05, 0.1) is 4.92 Å². The second-order valence-corrected chi connectivity index (χ2v) is 4.72. The van der Waals surface area contributed by atoms with E-state index in [1.54, 1.807) is 0 Å². The number of carboxylic acid groups (broad SMARTS) is 1. The molecule has 0 atom stereocenters. The summed E-state index contributed by atoms with van der Waals surface area (Å²) in [6, 6.07) is 5.91. The van der Waals surface area contributed by atoms with Gasteiger partial charge in [-0.25, -0.2) is 9.18 Å². The van der Waals surface area contributed by atoms with Crippen LogP contribution in [0.15, 0.2) is 39.8 Å². The van der Waals surface area contributed by atoms with E-state index in [0.717, 1.165) is 30.0 Å². The van der Waals surface area contributed by atoms with Gasteiger partial charge in [-0.3, -0.25) is 10.1 Å². The maximum Gasteiger partial charge on any atom is 0.371 e. The van der Waals surface area contributed by atoms with Crippen LogP contribution < -0.4 is 0 Å². The van der Waals surface area contributed by atoms with E-state index in [4.69, 9.17) is 9.52 Å². The van der Waals surface area contributed by atoms with Crippen LogP contribution in [-0.2, 0) is 5.75 Å². The standard InChI is InChI=1S/C12H8FNO5S/c13-8-1-2-9(14(17)18)7(5-8)6-20-11-4-3-10(19-11)12(15)16/h1-5H,6H2,(H,15,16). The first kappa shape index (κ1) is 14.1. The number of aromatic carboxylic acids is 1. The summed E-state index contributed by atoms with van der Waals surface area (Å²) in [6.07, 6.45) is 0. The van der Waals surface area contributed by atoms with Gasteiger partial charge >= 0.3 is 5.97 Å². The van der Waals surface area contributed by atoms with Crippen LogP contribution in [-0.4, -0.2) is 16.0 Å². The van der Waals surface area contributed by atoms with Gasteiger partial charge in [0.2, 0.25) is 5.76 Å². The normalized spacial score (nSPS) is 10.4. The number of furan rings is 1. The molecule has 0 aliphatic carbocycles. The molecule has 0 saturated carbocycles. The molecule has 0 aliphatic rings. The van der Waals surface area contributed by atoms with E-state index < -0.39 is 16.7 Å². The average Bonchev–Trinajstić information content (AvgIpc) is 2.85. The molecule has 0 spiro atoms. The number of rotatable bonds is 5. The quantitative estimate of drug-likeness (QED) is 0.517. The number of hydrogen-bond acceptors (Lipinski definition) is 5. The molecule has 0 radical (unpaired) electrons. The summed E-state index contributed by atoms with van der Waals surface area (Å²) >= 11 is 1.05. The highest BCUT2D eigenvalue weighted by Gasteiger charge is 2.16. The number of hydrogen-bond donors (Lipinski definition) is 1. The zero-order valence-corrected chi connectivity index (χ0v) is 10.7. The fourth-order valence-electron chi connectivity index (χ4n) is 1.51. The van der Waals surface area contributed by atoms with Gasteiger partial charge in [0.1, 0.15) is 5.82 Å². The first-order valence-electron chi connectivity index (χ1n) is 5.36. The fraction of sp³-hybridized carbons (Fsp3) is 0.0833. The van der Waals surface area contributed by atoms with Gasteiger partial charge in [0, 0.05) is 17.4 Å². The van der Waals surface area contributed by atoms with Crippen molar-refractivity contribution in [1.29, 1.82) is 0 Å². The minimum absolute atomic E-state index is 0.0979. The molecule has 1 heterocycles. The third-order valence-electron chi connectivity index (χ3n) is 2.40. The summed E-state index contributed by atoms with van der Waals surface area (Å²) in [5.74, 6) is -1.90. The molecule has 8 heteroatoms. The third-order valence-corrected chi connectivity index (χ3v) is 3.36. The van der Waals surface area contributed by atoms with Crippen molar-refractivity contribution >= 4 is 23.4 Å². The van der Waals surface area contributed by atoms with Crippen LogP contribution in [0.4, 0.5) is 10.1 Å². The van der Waals surface area contributed by atoms with Crippen LogP contribution >= 0.6 is 11.8 Å². The Morgan fingerprint density at radius 3 is 2.75 bits per heavy atom. The molecule has 0 amide bonds. The molecule has 20 heavy (non-hydrogen) atoms. The molecular weight excluding hydrogens is 289 g/mol. The number of carboxylic acids is 1. The first-order chi connectivity index (χ1) is 9.47. The van der Waals surface area contributed by atoms with Crippen LogP contribution in [0.3, 0.4) is 0 Å². The molecule has 6 nitrogen and oxygen atoms in total. The van der Waals surface area contributed by atoms with Gasteiger partial charge in [0.25, 0.3) is 5.69 Å². The highest BCUT2D eigenvalue weighted by molar-refractivity contribution is 7.98. The van der Waals surface area contributed by atoms with Gasteiger partial charge < -0.3 is 9.52 Å². The summed E-state index contributed by atoms with van der Waals surface area (Å²) in [5.41, 5.74) is 0.0113. The predicted molar refractivity (Wildman–Crippen MR) is 68.3 cm³/mol. The number of benzene rings is 1. The Kier molecular flexibility index (Phi) is 4.04. The SMILES string of the molecule is O=C(O)c1ccc(SCc2cc(F)ccc2[N+](=O)[O-])o1. The fourth-order valence-corrected chi connectivity index (χ4v) is 2.35. The number of carbonyl (C=O) groups is 1. The Balaban J connectivity index is 2.15. The Morgan fingerprint density at radius 2 is 2.15 bits per heavy atom. The number of nitro benzene ring substituents is 1. The second kappa shape index (κ2) is 5.74. The van der Waals surface area contributed by atoms with Crippen molar-refractivity contribution in [3.8, 4) is 0 Å². The lowest BCUT2D eigenvalue weighted by Crippen LogP contribution is -1.95. The van der Waals surface area contributed by atoms with Crippen molar-refractivity contribution in [1.82, 2.24) is 0 Å². The molecule has 1 N–H and O–H groups in total. The van der Waals surface area contributed by atoms with E-state index in [-0.39, 0.29) is 22.8 Å². The van der Waals surface area contributed by atoms with Crippen molar-refractivity contribution < 1.29 is 23.6 Å². The Bertz CT molecular complexity index is 670. The molecule has 2 aromatic rings. The molecule has 0 saturated heterocycles. The highest BCUT2D eigenvalue weighted by atomic mass is 32.2. The van der Waals surface area contributed by atoms with Crippen LogP contribution in [0.1, 0.15) is 16.1 Å². The molecule has 1 aromatic carbocycles. The number of thioether (sulfide) groups is 1. The molecule has 104 valence electrons. The average molecular weight is 297 g/mol. The lowest BCUT2D eigenvalue weighted by molar-refractivity contribution is -0.385. The molecule has 2 rings (SSSR count). The van der Waals surface area contributed by atoms with Crippen LogP contribution in [0.25, 0.3) is 0 Å². The molecular formula is C12H8FNO5S. The Morgan fingerprint density at radius 1 is 1.40 bits per heavy atom. The van der Waals surface area contributed by atoms with Crippen molar-refractivity contribution in [3.63, 3.8) is 0 Å². The van der Waals surface area contributed by atoms with Crippen LogP contribution in [0.5, 0.6) is 0 Å². The number of halogens is 1. The van der Waals surface area contributed by atoms with Crippen LogP contribution in [0.2, 0.25) is 0 Å². The third kappa shape index (κ3) is 3.15. The topological polar surface area (TPSA) is 93.6 Å². The van der Waals surface area contributed by atoms with E-state index >= 15 is 0 Å². The Labute approximate surface area is 116 Å². The van der Waals surface area contributed by atoms with Gasteiger partial charge in [-0.15, -0.1) is 0 Å². The summed E-state index contributed by atoms with van der Waals surface area (Å²) in [7, 11) is 0. The lowest BCUT2D eigenvalue weighted by Gasteiger charge is -2.01. The van der Waals surface area contributed by atoms with Crippen molar-refractivity contribution in [3.05, 3.63) is 57.6 Å².